The van der Waals surface area contributed by atoms with Crippen LogP contribution in [0.2, 0.25) is 0 Å². The van der Waals surface area contributed by atoms with E-state index in [0.29, 0.717) is 0 Å². The number of rotatable bonds is 2. The quantitative estimate of drug-likeness (QED) is 0.804. The van der Waals surface area contributed by atoms with Crippen molar-refractivity contribution in [1.82, 2.24) is 10.3 Å². The van der Waals surface area contributed by atoms with Crippen molar-refractivity contribution in [2.24, 2.45) is 5.92 Å². The van der Waals surface area contributed by atoms with E-state index in [1.54, 1.807) is 0 Å². The van der Waals surface area contributed by atoms with Crippen molar-refractivity contribution in [1.29, 1.82) is 0 Å². The van der Waals surface area contributed by atoms with E-state index in [0.717, 1.165) is 5.92 Å². The van der Waals surface area contributed by atoms with Crippen LogP contribution in [0.1, 0.15) is 32.3 Å². The highest BCUT2D eigenvalue weighted by molar-refractivity contribution is 5.09. The van der Waals surface area contributed by atoms with Crippen molar-refractivity contribution in [2.75, 3.05) is 13.1 Å². The second-order valence-electron chi connectivity index (χ2n) is 3.78. The van der Waals surface area contributed by atoms with Crippen molar-refractivity contribution < 1.29 is 0 Å². The lowest BCUT2D eigenvalue weighted by atomic mass is 9.93. The van der Waals surface area contributed by atoms with Gasteiger partial charge < -0.3 is 5.32 Å². The number of hydrogen-bond acceptors (Lipinski definition) is 2. The van der Waals surface area contributed by atoms with Gasteiger partial charge in [0.25, 0.3) is 0 Å². The molecule has 1 fully saturated rings. The molecule has 1 N–H and O–H groups in total. The molecule has 0 radical (unpaired) electrons. The fraction of sp³-hybridized carbons (Fsp3) is 0.615. The standard InChI is InChI=1S/C11H16N2.C2H6/c1-3-10(8-12-5-1)7-11-4-2-6-13-9-11;1-2/h1,3,5,8,11,13H,2,4,6-7,9H2;1-2H3. The summed E-state index contributed by atoms with van der Waals surface area (Å²) in [5, 5.41) is 3.43. The van der Waals surface area contributed by atoms with Crippen molar-refractivity contribution >= 4 is 0 Å². The Balaban J connectivity index is 0.000000531. The average Bonchev–Trinajstić information content (AvgIpc) is 2.34. The fourth-order valence-electron chi connectivity index (χ4n) is 1.95. The highest BCUT2D eigenvalue weighted by Gasteiger charge is 2.12. The topological polar surface area (TPSA) is 24.9 Å². The molecule has 0 saturated carbocycles. The van der Waals surface area contributed by atoms with Crippen LogP contribution in [-0.4, -0.2) is 18.1 Å². The molecule has 0 aromatic carbocycles. The van der Waals surface area contributed by atoms with Crippen molar-refractivity contribution in [3.63, 3.8) is 0 Å². The predicted octanol–water partition coefficient (Wildman–Crippen LogP) is 2.65. The van der Waals surface area contributed by atoms with Crippen LogP contribution in [0.15, 0.2) is 24.5 Å². The van der Waals surface area contributed by atoms with Crippen molar-refractivity contribution in [3.05, 3.63) is 30.1 Å². The number of hydrogen-bond donors (Lipinski definition) is 1. The summed E-state index contributed by atoms with van der Waals surface area (Å²) in [7, 11) is 0. The lowest BCUT2D eigenvalue weighted by Crippen LogP contribution is -2.30. The van der Waals surface area contributed by atoms with Crippen LogP contribution in [0.25, 0.3) is 0 Å². The van der Waals surface area contributed by atoms with Gasteiger partial charge >= 0.3 is 0 Å². The van der Waals surface area contributed by atoms with Crippen molar-refractivity contribution in [3.8, 4) is 0 Å². The van der Waals surface area contributed by atoms with Crippen LogP contribution >= 0.6 is 0 Å². The van der Waals surface area contributed by atoms with Crippen LogP contribution in [0.4, 0.5) is 0 Å². The van der Waals surface area contributed by atoms with Gasteiger partial charge in [-0.15, -0.1) is 0 Å². The van der Waals surface area contributed by atoms with Gasteiger partial charge in [-0.3, -0.25) is 4.98 Å². The summed E-state index contributed by atoms with van der Waals surface area (Å²) < 4.78 is 0. The third kappa shape index (κ3) is 4.43. The van der Waals surface area contributed by atoms with Gasteiger partial charge in [0, 0.05) is 12.4 Å². The Morgan fingerprint density at radius 3 is 2.93 bits per heavy atom. The van der Waals surface area contributed by atoms with Gasteiger partial charge in [0.15, 0.2) is 0 Å². The Hall–Kier alpha value is -0.890. The van der Waals surface area contributed by atoms with Crippen LogP contribution in [-0.2, 0) is 6.42 Å². The molecular weight excluding hydrogens is 184 g/mol. The van der Waals surface area contributed by atoms with E-state index in [1.165, 1.54) is 37.9 Å². The number of nitrogens with zero attached hydrogens (tertiary/aromatic N) is 1. The maximum Gasteiger partial charge on any atom is 0.0299 e. The smallest absolute Gasteiger partial charge is 0.0299 e. The summed E-state index contributed by atoms with van der Waals surface area (Å²) in [6, 6.07) is 4.19. The molecule has 84 valence electrons. The first-order chi connectivity index (χ1) is 7.45. The van der Waals surface area contributed by atoms with E-state index in [4.69, 9.17) is 0 Å². The average molecular weight is 206 g/mol. The monoisotopic (exact) mass is 206 g/mol. The Bertz CT molecular complexity index is 240. The summed E-state index contributed by atoms with van der Waals surface area (Å²) in [6.07, 6.45) is 7.69. The Morgan fingerprint density at radius 1 is 1.47 bits per heavy atom. The van der Waals surface area contributed by atoms with E-state index in [1.807, 2.05) is 32.3 Å². The van der Waals surface area contributed by atoms with Gasteiger partial charge in [0.2, 0.25) is 0 Å². The fourth-order valence-corrected chi connectivity index (χ4v) is 1.95. The molecule has 1 atom stereocenters. The molecule has 1 saturated heterocycles. The first-order valence-electron chi connectivity index (χ1n) is 6.05. The molecule has 0 amide bonds. The van der Waals surface area contributed by atoms with E-state index in [9.17, 15) is 0 Å². The van der Waals surface area contributed by atoms with Gasteiger partial charge in [-0.2, -0.15) is 0 Å². The van der Waals surface area contributed by atoms with Gasteiger partial charge in [-0.1, -0.05) is 19.9 Å². The molecule has 2 heteroatoms. The minimum absolute atomic E-state index is 0.818. The molecule has 15 heavy (non-hydrogen) atoms. The Morgan fingerprint density at radius 2 is 2.33 bits per heavy atom. The highest BCUT2D eigenvalue weighted by atomic mass is 14.9. The third-order valence-corrected chi connectivity index (χ3v) is 2.65. The van der Waals surface area contributed by atoms with E-state index >= 15 is 0 Å². The molecule has 1 aliphatic rings. The zero-order chi connectivity index (χ0) is 10.9. The zero-order valence-corrected chi connectivity index (χ0v) is 9.87. The van der Waals surface area contributed by atoms with E-state index in [2.05, 4.69) is 16.4 Å². The molecule has 1 aromatic heterocycles. The second-order valence-corrected chi connectivity index (χ2v) is 3.78. The lowest BCUT2D eigenvalue weighted by molar-refractivity contribution is 0.376. The van der Waals surface area contributed by atoms with E-state index < -0.39 is 0 Å². The largest absolute Gasteiger partial charge is 0.316 e. The SMILES string of the molecule is CC.c1cncc(CC2CCCNC2)c1. The Labute approximate surface area is 93.1 Å². The van der Waals surface area contributed by atoms with Crippen LogP contribution in [0.3, 0.4) is 0 Å². The minimum Gasteiger partial charge on any atom is -0.316 e. The molecule has 0 spiro atoms. The summed E-state index contributed by atoms with van der Waals surface area (Å²) in [6.45, 7) is 6.37. The number of aromatic nitrogens is 1. The molecule has 0 bridgehead atoms. The maximum absolute atomic E-state index is 4.13. The van der Waals surface area contributed by atoms with Gasteiger partial charge in [-0.25, -0.2) is 0 Å². The van der Waals surface area contributed by atoms with Crippen molar-refractivity contribution in [2.45, 2.75) is 33.1 Å². The Kier molecular flexibility index (Phi) is 6.02. The first-order valence-corrected chi connectivity index (χ1v) is 6.05. The van der Waals surface area contributed by atoms with Gasteiger partial charge in [-0.05, 0) is 49.9 Å². The third-order valence-electron chi connectivity index (χ3n) is 2.65. The molecule has 1 unspecified atom stereocenters. The number of nitrogens with one attached hydrogen (secondary N) is 1. The molecule has 2 nitrogen and oxygen atoms in total. The van der Waals surface area contributed by atoms with Crippen LogP contribution in [0, 0.1) is 5.92 Å². The minimum atomic E-state index is 0.818. The zero-order valence-electron chi connectivity index (χ0n) is 9.87. The maximum atomic E-state index is 4.13. The van der Waals surface area contributed by atoms with Gasteiger partial charge in [0.1, 0.15) is 0 Å². The summed E-state index contributed by atoms with van der Waals surface area (Å²) >= 11 is 0. The molecular formula is C13H22N2. The summed E-state index contributed by atoms with van der Waals surface area (Å²) in [5.74, 6) is 0.818. The summed E-state index contributed by atoms with van der Waals surface area (Å²) in [4.78, 5) is 4.13. The van der Waals surface area contributed by atoms with E-state index in [-0.39, 0.29) is 0 Å². The predicted molar refractivity (Wildman–Crippen MR) is 64.9 cm³/mol. The molecule has 1 aromatic rings. The molecule has 2 rings (SSSR count). The second kappa shape index (κ2) is 7.41. The number of pyridine rings is 1. The normalized spacial score (nSPS) is 20.3. The number of piperidine rings is 1. The van der Waals surface area contributed by atoms with Gasteiger partial charge in [0.05, 0.1) is 0 Å². The molecule has 1 aliphatic heterocycles. The van der Waals surface area contributed by atoms with Crippen LogP contribution in [0.5, 0.6) is 0 Å². The highest BCUT2D eigenvalue weighted by Crippen LogP contribution is 2.15. The molecule has 0 aliphatic carbocycles. The lowest BCUT2D eigenvalue weighted by Gasteiger charge is -2.22. The first kappa shape index (κ1) is 12.2. The summed E-state index contributed by atoms with van der Waals surface area (Å²) in [5.41, 5.74) is 1.37. The molecule has 2 heterocycles. The van der Waals surface area contributed by atoms with Crippen LogP contribution < -0.4 is 5.32 Å².